The summed E-state index contributed by atoms with van der Waals surface area (Å²) in [6.07, 6.45) is 1.75. The van der Waals surface area contributed by atoms with Crippen molar-refractivity contribution >= 4 is 22.9 Å². The molecule has 18 heavy (non-hydrogen) atoms. The highest BCUT2D eigenvalue weighted by Crippen LogP contribution is 2.21. The molecule has 3 aromatic heterocycles. The number of thiophene rings is 1. The molecule has 0 saturated carbocycles. The molecule has 0 fully saturated rings. The molecule has 0 spiro atoms. The van der Waals surface area contributed by atoms with E-state index in [0.29, 0.717) is 24.1 Å². The molecule has 3 rings (SSSR count). The van der Waals surface area contributed by atoms with Crippen molar-refractivity contribution < 1.29 is 4.52 Å². The maximum absolute atomic E-state index is 5.65. The van der Waals surface area contributed by atoms with Crippen molar-refractivity contribution in [1.29, 1.82) is 0 Å². The van der Waals surface area contributed by atoms with Gasteiger partial charge in [0.1, 0.15) is 6.54 Å². The minimum absolute atomic E-state index is 0.338. The van der Waals surface area contributed by atoms with Crippen LogP contribution in [0.3, 0.4) is 0 Å². The van der Waals surface area contributed by atoms with E-state index in [4.69, 9.17) is 16.1 Å². The normalized spacial score (nSPS) is 10.9. The predicted octanol–water partition coefficient (Wildman–Crippen LogP) is 2.18. The molecular formula is C10H8ClN5OS. The fourth-order valence-corrected chi connectivity index (χ4v) is 2.21. The van der Waals surface area contributed by atoms with Crippen molar-refractivity contribution in [2.75, 3.05) is 0 Å². The summed E-state index contributed by atoms with van der Waals surface area (Å²) in [4.78, 5) is 5.27. The van der Waals surface area contributed by atoms with Gasteiger partial charge < -0.3 is 4.52 Å². The fourth-order valence-electron chi connectivity index (χ4n) is 1.44. The molecule has 0 bridgehead atoms. The Balaban J connectivity index is 1.77. The van der Waals surface area contributed by atoms with Gasteiger partial charge in [-0.1, -0.05) is 16.4 Å². The SMILES string of the molecule is ClCc1cn(Cc2nc(-c3cccs3)no2)nn1. The summed E-state index contributed by atoms with van der Waals surface area (Å²) in [5, 5.41) is 13.7. The molecule has 8 heteroatoms. The molecule has 0 N–H and O–H groups in total. The van der Waals surface area contributed by atoms with Crippen molar-refractivity contribution in [3.63, 3.8) is 0 Å². The Morgan fingerprint density at radius 2 is 2.39 bits per heavy atom. The second-order valence-corrected chi connectivity index (χ2v) is 4.75. The van der Waals surface area contributed by atoms with E-state index in [1.807, 2.05) is 17.5 Å². The maximum atomic E-state index is 5.65. The van der Waals surface area contributed by atoms with Gasteiger partial charge in [0, 0.05) is 0 Å². The second kappa shape index (κ2) is 4.87. The largest absolute Gasteiger partial charge is 0.337 e. The van der Waals surface area contributed by atoms with Gasteiger partial charge in [-0.3, -0.25) is 0 Å². The summed E-state index contributed by atoms with van der Waals surface area (Å²) in [5.74, 6) is 1.42. The molecule has 92 valence electrons. The van der Waals surface area contributed by atoms with Crippen molar-refractivity contribution in [3.8, 4) is 10.7 Å². The van der Waals surface area contributed by atoms with Crippen LogP contribution in [-0.2, 0) is 12.4 Å². The molecule has 3 aromatic rings. The van der Waals surface area contributed by atoms with Crippen LogP contribution in [0.4, 0.5) is 0 Å². The van der Waals surface area contributed by atoms with Crippen LogP contribution in [-0.4, -0.2) is 25.1 Å². The van der Waals surface area contributed by atoms with Gasteiger partial charge >= 0.3 is 0 Å². The third-order valence-corrected chi connectivity index (χ3v) is 3.37. The van der Waals surface area contributed by atoms with Crippen molar-refractivity contribution in [2.24, 2.45) is 0 Å². The molecule has 0 amide bonds. The van der Waals surface area contributed by atoms with Crippen molar-refractivity contribution in [1.82, 2.24) is 25.1 Å². The smallest absolute Gasteiger partial charge is 0.248 e. The van der Waals surface area contributed by atoms with E-state index < -0.39 is 0 Å². The third kappa shape index (κ3) is 2.27. The van der Waals surface area contributed by atoms with Gasteiger partial charge in [-0.2, -0.15) is 4.98 Å². The molecule has 3 heterocycles. The van der Waals surface area contributed by atoms with E-state index in [0.717, 1.165) is 10.6 Å². The quantitative estimate of drug-likeness (QED) is 0.686. The first-order valence-corrected chi connectivity index (χ1v) is 6.58. The summed E-state index contributed by atoms with van der Waals surface area (Å²) >= 11 is 7.22. The molecular weight excluding hydrogens is 274 g/mol. The van der Waals surface area contributed by atoms with E-state index in [2.05, 4.69) is 20.5 Å². The minimum Gasteiger partial charge on any atom is -0.337 e. The molecule has 6 nitrogen and oxygen atoms in total. The fraction of sp³-hybridized carbons (Fsp3) is 0.200. The Morgan fingerprint density at radius 1 is 1.44 bits per heavy atom. The van der Waals surface area contributed by atoms with Crippen LogP contribution in [0.25, 0.3) is 10.7 Å². The van der Waals surface area contributed by atoms with Gasteiger partial charge in [0.25, 0.3) is 0 Å². The molecule has 0 saturated heterocycles. The molecule has 0 aliphatic carbocycles. The molecule has 0 aromatic carbocycles. The number of halogens is 1. The summed E-state index contributed by atoms with van der Waals surface area (Å²) in [5.41, 5.74) is 0.717. The van der Waals surface area contributed by atoms with Gasteiger partial charge in [-0.25, -0.2) is 4.68 Å². The lowest BCUT2D eigenvalue weighted by Gasteiger charge is -1.91. The van der Waals surface area contributed by atoms with Crippen molar-refractivity contribution in [2.45, 2.75) is 12.4 Å². The van der Waals surface area contributed by atoms with Gasteiger partial charge in [0.15, 0.2) is 0 Å². The number of aromatic nitrogens is 5. The van der Waals surface area contributed by atoms with Gasteiger partial charge in [-0.05, 0) is 11.4 Å². The molecule has 0 atom stereocenters. The number of hydrogen-bond acceptors (Lipinski definition) is 6. The van der Waals surface area contributed by atoms with Crippen LogP contribution in [0.15, 0.2) is 28.2 Å². The van der Waals surface area contributed by atoms with E-state index in [1.54, 1.807) is 22.2 Å². The monoisotopic (exact) mass is 281 g/mol. The summed E-state index contributed by atoms with van der Waals surface area (Å²) < 4.78 is 6.77. The summed E-state index contributed by atoms with van der Waals surface area (Å²) in [7, 11) is 0. The lowest BCUT2D eigenvalue weighted by atomic mass is 10.4. The van der Waals surface area contributed by atoms with Crippen LogP contribution < -0.4 is 0 Å². The maximum Gasteiger partial charge on any atom is 0.248 e. The van der Waals surface area contributed by atoms with Gasteiger partial charge in [-0.15, -0.1) is 28.0 Å². The number of hydrogen-bond donors (Lipinski definition) is 0. The lowest BCUT2D eigenvalue weighted by Crippen LogP contribution is -2.00. The molecule has 0 unspecified atom stereocenters. The van der Waals surface area contributed by atoms with E-state index in [-0.39, 0.29) is 0 Å². The topological polar surface area (TPSA) is 69.6 Å². The highest BCUT2D eigenvalue weighted by atomic mass is 35.5. The highest BCUT2D eigenvalue weighted by Gasteiger charge is 2.10. The molecule has 0 radical (unpaired) electrons. The Morgan fingerprint density at radius 3 is 3.11 bits per heavy atom. The van der Waals surface area contributed by atoms with Crippen LogP contribution in [0, 0.1) is 0 Å². The summed E-state index contributed by atoms with van der Waals surface area (Å²) in [6.45, 7) is 0.391. The third-order valence-electron chi connectivity index (χ3n) is 2.23. The molecule has 0 aliphatic rings. The van der Waals surface area contributed by atoms with Crippen LogP contribution in [0.2, 0.25) is 0 Å². The number of alkyl halides is 1. The number of rotatable bonds is 4. The second-order valence-electron chi connectivity index (χ2n) is 3.53. The van der Waals surface area contributed by atoms with Crippen LogP contribution >= 0.6 is 22.9 Å². The standard InChI is InChI=1S/C10H8ClN5OS/c11-4-7-5-16(15-13-7)6-9-12-10(14-17-9)8-2-1-3-18-8/h1-3,5H,4,6H2. The van der Waals surface area contributed by atoms with Gasteiger partial charge in [0.05, 0.1) is 22.6 Å². The Hall–Kier alpha value is -1.73. The zero-order chi connectivity index (χ0) is 12.4. The van der Waals surface area contributed by atoms with Gasteiger partial charge in [0.2, 0.25) is 11.7 Å². The predicted molar refractivity (Wildman–Crippen MR) is 66.3 cm³/mol. The summed E-state index contributed by atoms with van der Waals surface area (Å²) in [6, 6.07) is 3.89. The highest BCUT2D eigenvalue weighted by molar-refractivity contribution is 7.13. The average molecular weight is 282 g/mol. The van der Waals surface area contributed by atoms with E-state index in [9.17, 15) is 0 Å². The Kier molecular flexibility index (Phi) is 3.07. The first kappa shape index (κ1) is 11.4. The van der Waals surface area contributed by atoms with Crippen molar-refractivity contribution in [3.05, 3.63) is 35.3 Å². The number of nitrogens with zero attached hydrogens (tertiary/aromatic N) is 5. The van der Waals surface area contributed by atoms with Crippen LogP contribution in [0.5, 0.6) is 0 Å². The average Bonchev–Trinajstić information content (AvgIpc) is 3.10. The van der Waals surface area contributed by atoms with E-state index >= 15 is 0 Å². The Bertz CT molecular complexity index is 632. The first-order chi connectivity index (χ1) is 8.85. The van der Waals surface area contributed by atoms with Crippen LogP contribution in [0.1, 0.15) is 11.6 Å². The van der Waals surface area contributed by atoms with E-state index in [1.165, 1.54) is 0 Å². The molecule has 0 aliphatic heterocycles. The zero-order valence-electron chi connectivity index (χ0n) is 9.15. The Labute approximate surface area is 111 Å². The zero-order valence-corrected chi connectivity index (χ0v) is 10.7. The minimum atomic E-state index is 0.338. The first-order valence-electron chi connectivity index (χ1n) is 5.16. The lowest BCUT2D eigenvalue weighted by molar-refractivity contribution is 0.364.